The fourth-order valence-electron chi connectivity index (χ4n) is 2.76. The Morgan fingerprint density at radius 3 is 2.58 bits per heavy atom. The topological polar surface area (TPSA) is 153 Å². The number of hydrazone groups is 1. The molecule has 3 rings (SSSR count). The predicted molar refractivity (Wildman–Crippen MR) is 129 cm³/mol. The summed E-state index contributed by atoms with van der Waals surface area (Å²) < 4.78 is 1.19. The Labute approximate surface area is 194 Å². The number of non-ortho nitro benzene ring substituents is 1. The summed E-state index contributed by atoms with van der Waals surface area (Å²) in [5.74, 6) is 6.53. The molecule has 0 aliphatic heterocycles. The molecule has 33 heavy (non-hydrogen) atoms. The Balaban J connectivity index is 1.50. The minimum absolute atomic E-state index is 0.00406. The number of nitrogens with one attached hydrogen (secondary N) is 2. The van der Waals surface area contributed by atoms with E-state index in [4.69, 9.17) is 5.84 Å². The number of nitro benzene ring substituents is 1. The number of thioether (sulfide) groups is 1. The molecule has 0 aliphatic rings. The summed E-state index contributed by atoms with van der Waals surface area (Å²) in [5, 5.41) is 25.7. The molecule has 172 valence electrons. The summed E-state index contributed by atoms with van der Waals surface area (Å²) in [5.41, 5.74) is 5.26. The van der Waals surface area contributed by atoms with Crippen LogP contribution in [0.25, 0.3) is 0 Å². The van der Waals surface area contributed by atoms with Crippen LogP contribution < -0.4 is 16.6 Å². The molecule has 0 bridgehead atoms. The second kappa shape index (κ2) is 11.1. The highest BCUT2D eigenvalue weighted by atomic mass is 32.2. The maximum Gasteiger partial charge on any atom is 0.269 e. The number of aromatic nitrogens is 3. The Morgan fingerprint density at radius 2 is 1.94 bits per heavy atom. The average molecular weight is 469 g/mol. The van der Waals surface area contributed by atoms with Crippen LogP contribution in [0.2, 0.25) is 0 Å². The van der Waals surface area contributed by atoms with Crippen LogP contribution in [0.5, 0.6) is 0 Å². The van der Waals surface area contributed by atoms with E-state index in [1.807, 2.05) is 24.3 Å². The molecule has 1 heterocycles. The summed E-state index contributed by atoms with van der Waals surface area (Å²) in [4.78, 5) is 22.5. The quantitative estimate of drug-likeness (QED) is 0.134. The van der Waals surface area contributed by atoms with Crippen LogP contribution in [-0.4, -0.2) is 37.7 Å². The maximum atomic E-state index is 12.3. The van der Waals surface area contributed by atoms with Gasteiger partial charge in [-0.15, -0.1) is 10.2 Å². The van der Waals surface area contributed by atoms with Gasteiger partial charge >= 0.3 is 0 Å². The van der Waals surface area contributed by atoms with Gasteiger partial charge in [0.25, 0.3) is 11.6 Å². The van der Waals surface area contributed by atoms with Crippen LogP contribution in [0.1, 0.15) is 37.3 Å². The number of benzene rings is 2. The first-order valence-electron chi connectivity index (χ1n) is 10.1. The van der Waals surface area contributed by atoms with Gasteiger partial charge in [0, 0.05) is 17.8 Å². The Morgan fingerprint density at radius 1 is 1.24 bits per heavy atom. The molecule has 1 aromatic heterocycles. The lowest BCUT2D eigenvalue weighted by atomic mass is 9.99. The number of hydrogen-bond donors (Lipinski definition) is 3. The van der Waals surface area contributed by atoms with E-state index in [-0.39, 0.29) is 23.3 Å². The van der Waals surface area contributed by atoms with Crippen molar-refractivity contribution in [3.05, 3.63) is 69.8 Å². The van der Waals surface area contributed by atoms with Crippen molar-refractivity contribution in [2.24, 2.45) is 5.10 Å². The number of nitro groups is 1. The lowest BCUT2D eigenvalue weighted by Crippen LogP contribution is -2.16. The van der Waals surface area contributed by atoms with E-state index in [1.165, 1.54) is 28.6 Å². The third kappa shape index (κ3) is 6.53. The van der Waals surface area contributed by atoms with Gasteiger partial charge in [-0.1, -0.05) is 37.7 Å². The van der Waals surface area contributed by atoms with Crippen molar-refractivity contribution < 1.29 is 9.72 Å². The van der Waals surface area contributed by atoms with Gasteiger partial charge in [0.15, 0.2) is 0 Å². The van der Waals surface area contributed by atoms with Crippen molar-refractivity contribution in [3.63, 3.8) is 0 Å². The second-order valence-corrected chi connectivity index (χ2v) is 8.11. The van der Waals surface area contributed by atoms with Crippen molar-refractivity contribution in [1.82, 2.24) is 14.9 Å². The van der Waals surface area contributed by atoms with Gasteiger partial charge in [-0.05, 0) is 47.7 Å². The second-order valence-electron chi connectivity index (χ2n) is 7.16. The number of nitrogen functional groups attached to an aromatic ring is 1. The summed E-state index contributed by atoms with van der Waals surface area (Å²) in [7, 11) is 0. The molecule has 12 heteroatoms. The average Bonchev–Trinajstić information content (AvgIpc) is 3.17. The summed E-state index contributed by atoms with van der Waals surface area (Å²) >= 11 is 1.14. The molecule has 0 saturated carbocycles. The van der Waals surface area contributed by atoms with Crippen molar-refractivity contribution in [2.75, 3.05) is 22.3 Å². The summed E-state index contributed by atoms with van der Waals surface area (Å²) in [6, 6.07) is 13.7. The van der Waals surface area contributed by atoms with E-state index >= 15 is 0 Å². The molecule has 0 aliphatic carbocycles. The van der Waals surface area contributed by atoms with E-state index in [9.17, 15) is 14.9 Å². The van der Waals surface area contributed by atoms with Crippen molar-refractivity contribution in [3.8, 4) is 0 Å². The molecule has 2 aromatic carbocycles. The number of amides is 1. The van der Waals surface area contributed by atoms with E-state index in [1.54, 1.807) is 12.1 Å². The molecule has 11 nitrogen and oxygen atoms in total. The van der Waals surface area contributed by atoms with Crippen molar-refractivity contribution in [2.45, 2.75) is 31.3 Å². The van der Waals surface area contributed by atoms with Gasteiger partial charge in [0.1, 0.15) is 0 Å². The number of carbonyl (C=O) groups excluding carboxylic acids is 1. The molecule has 4 N–H and O–H groups in total. The van der Waals surface area contributed by atoms with Crippen LogP contribution in [0.15, 0.2) is 58.8 Å². The number of hydrogen-bond acceptors (Lipinski definition) is 9. The molecule has 1 amide bonds. The van der Waals surface area contributed by atoms with Gasteiger partial charge in [0.2, 0.25) is 11.1 Å². The lowest BCUT2D eigenvalue weighted by Gasteiger charge is -2.10. The third-order valence-corrected chi connectivity index (χ3v) is 5.80. The first-order valence-corrected chi connectivity index (χ1v) is 11.1. The highest BCUT2D eigenvalue weighted by Crippen LogP contribution is 2.21. The van der Waals surface area contributed by atoms with Crippen LogP contribution in [0.4, 0.5) is 17.3 Å². The fourth-order valence-corrected chi connectivity index (χ4v) is 3.41. The van der Waals surface area contributed by atoms with Crippen molar-refractivity contribution >= 4 is 41.2 Å². The maximum absolute atomic E-state index is 12.3. The SMILES string of the molecule is CCC(C)c1ccc(NC(=O)CSc2nnc(N/N=C/c3ccc([N+](=O)[O-])cc3)n2N)cc1. The Kier molecular flexibility index (Phi) is 7.97. The van der Waals surface area contributed by atoms with Crippen LogP contribution >= 0.6 is 11.8 Å². The van der Waals surface area contributed by atoms with Gasteiger partial charge in [-0.2, -0.15) is 5.10 Å². The summed E-state index contributed by atoms with van der Waals surface area (Å²) in [6.07, 6.45) is 2.52. The molecule has 3 aromatic rings. The zero-order valence-electron chi connectivity index (χ0n) is 18.1. The van der Waals surface area contributed by atoms with E-state index in [2.05, 4.69) is 39.9 Å². The highest BCUT2D eigenvalue weighted by molar-refractivity contribution is 7.99. The zero-order chi connectivity index (χ0) is 23.8. The molecule has 0 radical (unpaired) electrons. The number of rotatable bonds is 10. The van der Waals surface area contributed by atoms with E-state index < -0.39 is 4.92 Å². The molecular formula is C21H24N8O3S. The standard InChI is InChI=1S/C21H24N8O3S/c1-3-14(2)16-6-8-17(9-7-16)24-19(30)13-33-21-27-26-20(28(21)22)25-23-12-15-4-10-18(11-5-15)29(31)32/h4-12,14H,3,13,22H2,1-2H3,(H,24,30)(H,25,26)/b23-12+. The third-order valence-electron chi connectivity index (χ3n) is 4.85. The molecule has 0 fully saturated rings. The van der Waals surface area contributed by atoms with Gasteiger partial charge in [-0.25, -0.2) is 10.1 Å². The smallest absolute Gasteiger partial charge is 0.269 e. The largest absolute Gasteiger partial charge is 0.334 e. The van der Waals surface area contributed by atoms with E-state index in [0.29, 0.717) is 16.6 Å². The minimum Gasteiger partial charge on any atom is -0.334 e. The first kappa shape index (κ1) is 23.7. The van der Waals surface area contributed by atoms with Gasteiger partial charge in [-0.3, -0.25) is 14.9 Å². The van der Waals surface area contributed by atoms with Crippen LogP contribution in [0.3, 0.4) is 0 Å². The molecule has 1 unspecified atom stereocenters. The minimum atomic E-state index is -0.473. The highest BCUT2D eigenvalue weighted by Gasteiger charge is 2.12. The van der Waals surface area contributed by atoms with Gasteiger partial charge < -0.3 is 11.2 Å². The number of anilines is 2. The molecular weight excluding hydrogens is 444 g/mol. The number of nitrogens with two attached hydrogens (primary N) is 1. The van der Waals surface area contributed by atoms with Crippen molar-refractivity contribution in [1.29, 1.82) is 0 Å². The lowest BCUT2D eigenvalue weighted by molar-refractivity contribution is -0.384. The summed E-state index contributed by atoms with van der Waals surface area (Å²) in [6.45, 7) is 4.30. The fraction of sp³-hybridized carbons (Fsp3) is 0.238. The Hall–Kier alpha value is -3.93. The molecule has 1 atom stereocenters. The normalized spacial score (nSPS) is 11.9. The number of nitrogens with zero attached hydrogens (tertiary/aromatic N) is 5. The first-order chi connectivity index (χ1) is 15.9. The number of carbonyl (C=O) groups is 1. The monoisotopic (exact) mass is 468 g/mol. The molecule has 0 saturated heterocycles. The molecule has 0 spiro atoms. The predicted octanol–water partition coefficient (Wildman–Crippen LogP) is 3.59. The van der Waals surface area contributed by atoms with Crippen LogP contribution in [-0.2, 0) is 4.79 Å². The van der Waals surface area contributed by atoms with Crippen LogP contribution in [0, 0.1) is 10.1 Å². The zero-order valence-corrected chi connectivity index (χ0v) is 19.0. The Bertz CT molecular complexity index is 1130. The van der Waals surface area contributed by atoms with E-state index in [0.717, 1.165) is 23.9 Å². The van der Waals surface area contributed by atoms with Gasteiger partial charge in [0.05, 0.1) is 16.9 Å².